The van der Waals surface area contributed by atoms with Gasteiger partial charge in [0, 0.05) is 42.3 Å². The van der Waals surface area contributed by atoms with E-state index in [1.807, 2.05) is 53.1 Å². The minimum Gasteiger partial charge on any atom is -0.489 e. The number of anilines is 1. The van der Waals surface area contributed by atoms with Gasteiger partial charge in [0.2, 0.25) is 0 Å². The molecule has 0 saturated carbocycles. The lowest BCUT2D eigenvalue weighted by Gasteiger charge is -2.42. The number of halogens is 4. The predicted octanol–water partition coefficient (Wildman–Crippen LogP) is 6.52. The zero-order chi connectivity index (χ0) is 31.7. The Labute approximate surface area is 261 Å². The van der Waals surface area contributed by atoms with E-state index in [-0.39, 0.29) is 17.5 Å². The maximum atomic E-state index is 16.1. The van der Waals surface area contributed by atoms with Crippen molar-refractivity contribution in [1.82, 2.24) is 9.80 Å². The van der Waals surface area contributed by atoms with Crippen LogP contribution in [0.25, 0.3) is 0 Å². The zero-order valence-electron chi connectivity index (χ0n) is 25.4. The number of likely N-dealkylation sites (tertiary alicyclic amines) is 1. The van der Waals surface area contributed by atoms with Crippen LogP contribution in [0.1, 0.15) is 54.5 Å². The molecule has 0 aliphatic carbocycles. The molecule has 2 fully saturated rings. The lowest BCUT2D eigenvalue weighted by molar-refractivity contribution is -0.139. The molecule has 45 heavy (non-hydrogen) atoms. The first kappa shape index (κ1) is 31.4. The summed E-state index contributed by atoms with van der Waals surface area (Å²) in [6.07, 6.45) is 0.378. The Morgan fingerprint density at radius 2 is 1.78 bits per heavy atom. The van der Waals surface area contributed by atoms with Gasteiger partial charge in [-0.1, -0.05) is 36.4 Å². The third-order valence-corrected chi connectivity index (χ3v) is 9.66. The van der Waals surface area contributed by atoms with Gasteiger partial charge in [-0.05, 0) is 80.1 Å². The molecule has 10 heteroatoms. The fourth-order valence-electron chi connectivity index (χ4n) is 7.63. The molecule has 3 aromatic carbocycles. The normalized spacial score (nSPS) is 23.9. The van der Waals surface area contributed by atoms with Gasteiger partial charge in [0.15, 0.2) is 0 Å². The number of piperidine rings is 1. The largest absolute Gasteiger partial charge is 0.489 e. The smallest absolute Gasteiger partial charge is 0.317 e. The number of hydrogen-bond acceptors (Lipinski definition) is 5. The molecule has 3 atom stereocenters. The van der Waals surface area contributed by atoms with Gasteiger partial charge in [0.25, 0.3) is 6.43 Å². The summed E-state index contributed by atoms with van der Waals surface area (Å²) in [5.41, 5.74) is 2.45. The number of nitrogens with zero attached hydrogens (tertiary/aromatic N) is 3. The van der Waals surface area contributed by atoms with E-state index in [1.54, 1.807) is 12.1 Å². The molecule has 0 bridgehead atoms. The maximum absolute atomic E-state index is 16.1. The molecular weight excluding hydrogens is 586 g/mol. The van der Waals surface area contributed by atoms with Crippen LogP contribution >= 0.6 is 0 Å². The Balaban J connectivity index is 1.28. The summed E-state index contributed by atoms with van der Waals surface area (Å²) < 4.78 is 65.9. The average Bonchev–Trinajstić information content (AvgIpc) is 3.39. The van der Waals surface area contributed by atoms with E-state index in [4.69, 9.17) is 4.74 Å². The number of fused-ring (bicyclic) bond motifs is 1. The molecule has 0 aromatic heterocycles. The quantitative estimate of drug-likeness (QED) is 0.274. The monoisotopic (exact) mass is 625 g/mol. The van der Waals surface area contributed by atoms with Crippen molar-refractivity contribution in [3.8, 4) is 5.75 Å². The molecule has 3 aliphatic rings. The zero-order valence-corrected chi connectivity index (χ0v) is 25.4. The molecule has 6 nitrogen and oxygen atoms in total. The standard InChI is InChI=1S/C35H39F4N3O3/c1-23-14-25-15-27(45-20-24-6-3-2-4-7-24)8-9-28(25)34(42(23)18-31(38)39)33-29(36)16-26(17-30(33)37)41-13-11-35(22-41)10-5-12-40(21-35)19-32(43)44/h2-4,6-9,15-17,23,31,34H,5,10-14,18-22H2,1H3,(H,43,44)/t23-,34?,35?/m1/s1. The van der Waals surface area contributed by atoms with Crippen LogP contribution in [0.5, 0.6) is 5.75 Å². The van der Waals surface area contributed by atoms with Gasteiger partial charge in [0.1, 0.15) is 24.0 Å². The Morgan fingerprint density at radius 1 is 1.02 bits per heavy atom. The number of benzene rings is 3. The van der Waals surface area contributed by atoms with E-state index < -0.39 is 42.7 Å². The summed E-state index contributed by atoms with van der Waals surface area (Å²) in [6.45, 7) is 4.08. The van der Waals surface area contributed by atoms with Crippen LogP contribution in [0.3, 0.4) is 0 Å². The second-order valence-corrected chi connectivity index (χ2v) is 12.9. The minimum absolute atomic E-state index is 0.0171. The first-order valence-corrected chi connectivity index (χ1v) is 15.6. The van der Waals surface area contributed by atoms with E-state index in [0.29, 0.717) is 49.7 Å². The van der Waals surface area contributed by atoms with Gasteiger partial charge >= 0.3 is 5.97 Å². The topological polar surface area (TPSA) is 56.3 Å². The van der Waals surface area contributed by atoms with E-state index in [2.05, 4.69) is 0 Å². The van der Waals surface area contributed by atoms with Crippen molar-refractivity contribution < 1.29 is 32.2 Å². The molecule has 2 saturated heterocycles. The number of ether oxygens (including phenoxy) is 1. The van der Waals surface area contributed by atoms with Crippen LogP contribution in [0.15, 0.2) is 60.7 Å². The molecular formula is C35H39F4N3O3. The first-order valence-electron chi connectivity index (χ1n) is 15.6. The molecule has 3 heterocycles. The molecule has 0 radical (unpaired) electrons. The van der Waals surface area contributed by atoms with Gasteiger partial charge in [-0.3, -0.25) is 14.6 Å². The van der Waals surface area contributed by atoms with Crippen LogP contribution in [-0.2, 0) is 17.8 Å². The fourth-order valence-corrected chi connectivity index (χ4v) is 7.63. The van der Waals surface area contributed by atoms with Crippen molar-refractivity contribution in [3.63, 3.8) is 0 Å². The van der Waals surface area contributed by atoms with Gasteiger partial charge in [-0.2, -0.15) is 0 Å². The van der Waals surface area contributed by atoms with E-state index in [0.717, 1.165) is 36.9 Å². The molecule has 0 amide bonds. The predicted molar refractivity (Wildman–Crippen MR) is 164 cm³/mol. The highest BCUT2D eigenvalue weighted by molar-refractivity contribution is 5.69. The van der Waals surface area contributed by atoms with Crippen LogP contribution in [0, 0.1) is 17.0 Å². The highest BCUT2D eigenvalue weighted by Gasteiger charge is 2.43. The Hall–Kier alpha value is -3.63. The van der Waals surface area contributed by atoms with Crippen molar-refractivity contribution >= 4 is 11.7 Å². The molecule has 1 N–H and O–H groups in total. The van der Waals surface area contributed by atoms with Crippen LogP contribution in [0.4, 0.5) is 23.2 Å². The summed E-state index contributed by atoms with van der Waals surface area (Å²) in [6, 6.07) is 16.3. The van der Waals surface area contributed by atoms with Gasteiger partial charge in [-0.15, -0.1) is 0 Å². The van der Waals surface area contributed by atoms with E-state index in [9.17, 15) is 18.7 Å². The molecule has 240 valence electrons. The number of carboxylic acids is 1. The number of aliphatic carboxylic acids is 1. The van der Waals surface area contributed by atoms with Gasteiger partial charge in [0.05, 0.1) is 19.1 Å². The molecule has 3 aromatic rings. The van der Waals surface area contributed by atoms with Crippen molar-refractivity contribution in [3.05, 3.63) is 94.6 Å². The maximum Gasteiger partial charge on any atom is 0.317 e. The van der Waals surface area contributed by atoms with Gasteiger partial charge in [-0.25, -0.2) is 17.6 Å². The molecule has 3 aliphatic heterocycles. The number of carbonyl (C=O) groups is 1. The Kier molecular flexibility index (Phi) is 9.06. The number of alkyl halides is 2. The van der Waals surface area contributed by atoms with E-state index >= 15 is 8.78 Å². The van der Waals surface area contributed by atoms with E-state index in [1.165, 1.54) is 17.0 Å². The number of rotatable bonds is 9. The number of hydrogen-bond donors (Lipinski definition) is 1. The summed E-state index contributed by atoms with van der Waals surface area (Å²) in [4.78, 5) is 16.7. The lowest BCUT2D eigenvalue weighted by Crippen LogP contribution is -2.46. The lowest BCUT2D eigenvalue weighted by atomic mass is 9.79. The van der Waals surface area contributed by atoms with Gasteiger partial charge < -0.3 is 14.7 Å². The first-order chi connectivity index (χ1) is 21.6. The fraction of sp³-hybridized carbons (Fsp3) is 0.457. The third kappa shape index (κ3) is 6.82. The third-order valence-electron chi connectivity index (χ3n) is 9.66. The summed E-state index contributed by atoms with van der Waals surface area (Å²) in [5.74, 6) is -1.79. The molecule has 2 unspecified atom stereocenters. The highest BCUT2D eigenvalue weighted by atomic mass is 19.3. The van der Waals surface area contributed by atoms with Crippen LogP contribution in [-0.4, -0.2) is 72.6 Å². The molecule has 1 spiro atoms. The van der Waals surface area contributed by atoms with Crippen molar-refractivity contribution in [1.29, 1.82) is 0 Å². The van der Waals surface area contributed by atoms with Crippen molar-refractivity contribution in [2.45, 2.75) is 57.7 Å². The molecule has 6 rings (SSSR count). The second kappa shape index (κ2) is 13.0. The average molecular weight is 626 g/mol. The minimum atomic E-state index is -2.67. The second-order valence-electron chi connectivity index (χ2n) is 12.9. The van der Waals surface area contributed by atoms with Crippen LogP contribution in [0.2, 0.25) is 0 Å². The van der Waals surface area contributed by atoms with Crippen LogP contribution < -0.4 is 9.64 Å². The Bertz CT molecular complexity index is 1500. The number of carboxylic acid groups (broad SMARTS) is 1. The SMILES string of the molecule is C[C@@H]1Cc2cc(OCc3ccccc3)ccc2C(c2c(F)cc(N3CCC4(CCCN(CC(=O)O)C4)C3)cc2F)N1CC(F)F. The Morgan fingerprint density at radius 3 is 2.49 bits per heavy atom. The van der Waals surface area contributed by atoms with Crippen molar-refractivity contribution in [2.75, 3.05) is 44.2 Å². The summed E-state index contributed by atoms with van der Waals surface area (Å²) in [7, 11) is 0. The summed E-state index contributed by atoms with van der Waals surface area (Å²) >= 11 is 0. The van der Waals surface area contributed by atoms with Crippen molar-refractivity contribution in [2.24, 2.45) is 5.41 Å². The summed E-state index contributed by atoms with van der Waals surface area (Å²) in [5, 5.41) is 9.26. The highest BCUT2D eigenvalue weighted by Crippen LogP contribution is 2.44.